The monoisotopic (exact) mass is 248 g/mol. The summed E-state index contributed by atoms with van der Waals surface area (Å²) in [6.07, 6.45) is 1.10. The van der Waals surface area contributed by atoms with Crippen LogP contribution in [0.25, 0.3) is 11.1 Å². The fourth-order valence-electron chi connectivity index (χ4n) is 2.26. The van der Waals surface area contributed by atoms with Crippen molar-refractivity contribution >= 4 is 11.1 Å². The van der Waals surface area contributed by atoms with Crippen LogP contribution < -0.4 is 11.1 Å². The average Bonchev–Trinajstić information content (AvgIpc) is 2.74. The Hall–Kier alpha value is -1.55. The molecule has 1 heterocycles. The van der Waals surface area contributed by atoms with Gasteiger partial charge in [-0.15, -0.1) is 0 Å². The molecule has 0 aliphatic rings. The lowest BCUT2D eigenvalue weighted by molar-refractivity contribution is 0.384. The molecule has 4 heteroatoms. The molecule has 2 atom stereocenters. The Balaban J connectivity index is 2.40. The number of nitrogens with one attached hydrogen (secondary N) is 2. The van der Waals surface area contributed by atoms with E-state index in [1.807, 2.05) is 18.2 Å². The Kier molecular flexibility index (Phi) is 3.87. The predicted octanol–water partition coefficient (Wildman–Crippen LogP) is 2.82. The van der Waals surface area contributed by atoms with Gasteiger partial charge in [0.25, 0.3) is 0 Å². The number of H-pyrrole nitrogens is 1. The molecule has 1 aromatic carbocycles. The maximum atomic E-state index is 11.1. The van der Waals surface area contributed by atoms with Gasteiger partial charge in [0.1, 0.15) is 0 Å². The van der Waals surface area contributed by atoms with Crippen molar-refractivity contribution in [2.24, 2.45) is 5.92 Å². The first-order valence-electron chi connectivity index (χ1n) is 6.51. The molecule has 18 heavy (non-hydrogen) atoms. The van der Waals surface area contributed by atoms with Crippen molar-refractivity contribution in [3.8, 4) is 0 Å². The molecule has 0 aliphatic carbocycles. The summed E-state index contributed by atoms with van der Waals surface area (Å²) >= 11 is 0. The molecule has 2 rings (SSSR count). The van der Waals surface area contributed by atoms with Gasteiger partial charge in [-0.2, -0.15) is 0 Å². The molecular formula is C14H20N2O2. The maximum absolute atomic E-state index is 11.1. The Morgan fingerprint density at radius 1 is 1.39 bits per heavy atom. The second kappa shape index (κ2) is 5.40. The Labute approximate surface area is 106 Å². The van der Waals surface area contributed by atoms with Crippen LogP contribution in [0, 0.1) is 5.92 Å². The highest BCUT2D eigenvalue weighted by molar-refractivity contribution is 5.72. The quantitative estimate of drug-likeness (QED) is 0.855. The number of hydrogen-bond acceptors (Lipinski definition) is 3. The summed E-state index contributed by atoms with van der Waals surface area (Å²) in [7, 11) is 0. The molecule has 0 aliphatic heterocycles. The zero-order valence-electron chi connectivity index (χ0n) is 11.1. The van der Waals surface area contributed by atoms with Gasteiger partial charge in [0.15, 0.2) is 5.58 Å². The normalized spacial score (nSPS) is 14.8. The van der Waals surface area contributed by atoms with Crippen molar-refractivity contribution in [3.63, 3.8) is 0 Å². The third kappa shape index (κ3) is 2.48. The molecule has 2 unspecified atom stereocenters. The minimum atomic E-state index is -0.398. The van der Waals surface area contributed by atoms with Crippen LogP contribution in [0.1, 0.15) is 38.8 Å². The highest BCUT2D eigenvalue weighted by atomic mass is 16.4. The summed E-state index contributed by atoms with van der Waals surface area (Å²) in [6, 6.07) is 6.20. The summed E-state index contributed by atoms with van der Waals surface area (Å²) in [4.78, 5) is 13.8. The van der Waals surface area contributed by atoms with E-state index < -0.39 is 5.76 Å². The van der Waals surface area contributed by atoms with Gasteiger partial charge in [-0.1, -0.05) is 33.3 Å². The molecule has 1 aromatic heterocycles. The Morgan fingerprint density at radius 2 is 2.17 bits per heavy atom. The smallest absolute Gasteiger partial charge is 0.408 e. The predicted molar refractivity (Wildman–Crippen MR) is 72.7 cm³/mol. The van der Waals surface area contributed by atoms with Crippen LogP contribution in [-0.4, -0.2) is 11.5 Å². The summed E-state index contributed by atoms with van der Waals surface area (Å²) in [6.45, 7) is 7.43. The number of hydrogen-bond donors (Lipinski definition) is 2. The van der Waals surface area contributed by atoms with Crippen molar-refractivity contribution in [1.82, 2.24) is 10.3 Å². The average molecular weight is 248 g/mol. The Bertz CT molecular complexity index is 570. The molecule has 2 N–H and O–H groups in total. The molecule has 98 valence electrons. The van der Waals surface area contributed by atoms with Gasteiger partial charge in [0.2, 0.25) is 0 Å². The van der Waals surface area contributed by atoms with Crippen LogP contribution in [-0.2, 0) is 0 Å². The molecule has 4 nitrogen and oxygen atoms in total. The highest BCUT2D eigenvalue weighted by Gasteiger charge is 2.17. The van der Waals surface area contributed by atoms with Crippen LogP contribution in [0.2, 0.25) is 0 Å². The minimum Gasteiger partial charge on any atom is -0.408 e. The lowest BCUT2D eigenvalue weighted by Gasteiger charge is -2.24. The van der Waals surface area contributed by atoms with E-state index in [4.69, 9.17) is 4.42 Å². The molecular weight excluding hydrogens is 228 g/mol. The second-order valence-corrected chi connectivity index (χ2v) is 4.69. The van der Waals surface area contributed by atoms with Crippen LogP contribution in [0.4, 0.5) is 0 Å². The molecule has 0 bridgehead atoms. The molecule has 0 saturated heterocycles. The van der Waals surface area contributed by atoms with Gasteiger partial charge < -0.3 is 9.73 Å². The fourth-order valence-corrected chi connectivity index (χ4v) is 2.26. The van der Waals surface area contributed by atoms with E-state index in [0.29, 0.717) is 17.5 Å². The van der Waals surface area contributed by atoms with Crippen molar-refractivity contribution in [3.05, 3.63) is 34.3 Å². The zero-order valence-corrected chi connectivity index (χ0v) is 11.1. The van der Waals surface area contributed by atoms with Crippen molar-refractivity contribution in [2.75, 3.05) is 6.54 Å². The second-order valence-electron chi connectivity index (χ2n) is 4.69. The summed E-state index contributed by atoms with van der Waals surface area (Å²) < 4.78 is 5.11. The number of aromatic amines is 1. The van der Waals surface area contributed by atoms with E-state index in [1.165, 1.54) is 5.56 Å². The number of aromatic nitrogens is 1. The summed E-state index contributed by atoms with van der Waals surface area (Å²) in [5, 5.41) is 3.49. The van der Waals surface area contributed by atoms with Gasteiger partial charge >= 0.3 is 5.76 Å². The minimum absolute atomic E-state index is 0.296. The van der Waals surface area contributed by atoms with E-state index in [-0.39, 0.29) is 0 Å². The molecule has 0 fully saturated rings. The van der Waals surface area contributed by atoms with Crippen LogP contribution in [0.15, 0.2) is 27.4 Å². The third-order valence-electron chi connectivity index (χ3n) is 3.44. The molecule has 0 saturated carbocycles. The van der Waals surface area contributed by atoms with Crippen LogP contribution in [0.3, 0.4) is 0 Å². The van der Waals surface area contributed by atoms with Crippen LogP contribution >= 0.6 is 0 Å². The summed E-state index contributed by atoms with van der Waals surface area (Å²) in [5.41, 5.74) is 2.55. The molecule has 0 amide bonds. The number of fused-ring (bicyclic) bond motifs is 1. The fraction of sp³-hybridized carbons (Fsp3) is 0.500. The molecule has 0 spiro atoms. The first-order valence-corrected chi connectivity index (χ1v) is 6.51. The van der Waals surface area contributed by atoms with Crippen molar-refractivity contribution < 1.29 is 4.42 Å². The summed E-state index contributed by atoms with van der Waals surface area (Å²) in [5.74, 6) is 0.138. The van der Waals surface area contributed by atoms with E-state index in [1.54, 1.807) is 0 Å². The maximum Gasteiger partial charge on any atom is 0.417 e. The lowest BCUT2D eigenvalue weighted by atomic mass is 9.92. The zero-order chi connectivity index (χ0) is 13.1. The van der Waals surface area contributed by atoms with Gasteiger partial charge in [-0.05, 0) is 30.2 Å². The highest BCUT2D eigenvalue weighted by Crippen LogP contribution is 2.26. The topological polar surface area (TPSA) is 58.0 Å². The number of rotatable bonds is 5. The van der Waals surface area contributed by atoms with Gasteiger partial charge in [-0.25, -0.2) is 4.79 Å². The van der Waals surface area contributed by atoms with Gasteiger partial charge in [0.05, 0.1) is 5.52 Å². The number of benzene rings is 1. The first-order chi connectivity index (χ1) is 8.65. The Morgan fingerprint density at radius 3 is 2.83 bits per heavy atom. The van der Waals surface area contributed by atoms with Crippen LogP contribution in [0.5, 0.6) is 0 Å². The first kappa shape index (κ1) is 12.9. The standard InChI is InChI=1S/C14H20N2O2/c1-4-9(3)13(15-5-2)10-6-7-11-12(8-10)18-14(17)16-11/h6-9,13,15H,4-5H2,1-3H3,(H,16,17). The van der Waals surface area contributed by atoms with E-state index in [0.717, 1.165) is 18.5 Å². The third-order valence-corrected chi connectivity index (χ3v) is 3.44. The van der Waals surface area contributed by atoms with Gasteiger partial charge in [0, 0.05) is 6.04 Å². The molecule has 2 aromatic rings. The largest absolute Gasteiger partial charge is 0.417 e. The molecule has 0 radical (unpaired) electrons. The van der Waals surface area contributed by atoms with E-state index in [2.05, 4.69) is 31.1 Å². The van der Waals surface area contributed by atoms with Gasteiger partial charge in [-0.3, -0.25) is 4.98 Å². The van der Waals surface area contributed by atoms with Crippen molar-refractivity contribution in [1.29, 1.82) is 0 Å². The van der Waals surface area contributed by atoms with Crippen molar-refractivity contribution in [2.45, 2.75) is 33.2 Å². The van der Waals surface area contributed by atoms with E-state index in [9.17, 15) is 4.79 Å². The SMILES string of the molecule is CCNC(c1ccc2[nH]c(=O)oc2c1)C(C)CC. The number of oxazole rings is 1. The van der Waals surface area contributed by atoms with E-state index >= 15 is 0 Å². The lowest BCUT2D eigenvalue weighted by Crippen LogP contribution is -2.26.